The second-order valence-corrected chi connectivity index (χ2v) is 11.4. The number of H-pyrrole nitrogens is 2. The summed E-state index contributed by atoms with van der Waals surface area (Å²) in [7, 11) is 0. The lowest BCUT2D eigenvalue weighted by Crippen LogP contribution is -2.13. The Kier molecular flexibility index (Phi) is 8.61. The number of hydrogen-bond acceptors (Lipinski definition) is 9. The van der Waals surface area contributed by atoms with Gasteiger partial charge >= 0.3 is 0 Å². The summed E-state index contributed by atoms with van der Waals surface area (Å²) in [5.74, 6) is -1.66. The number of aromatic nitrogens is 3. The van der Waals surface area contributed by atoms with Gasteiger partial charge in [0.25, 0.3) is 29.1 Å². The summed E-state index contributed by atoms with van der Waals surface area (Å²) in [6.45, 7) is 1.80. The molecule has 3 aromatic carbocycles. The third kappa shape index (κ3) is 5.78. The average molecular weight is 706 g/mol. The van der Waals surface area contributed by atoms with Crippen molar-refractivity contribution in [1.29, 1.82) is 0 Å². The first kappa shape index (κ1) is 31.5. The SMILES string of the molecule is Cc1c(NC(=O)c2nccs2)cccc1-c1ccc(C(N)=O)c2[nH]cc([N+](=O)[O-])c12.NC(=O)c1ccc(Br)c2c([N+](=O)[O-])c[nH]c12. The Labute approximate surface area is 270 Å². The molecule has 232 valence electrons. The van der Waals surface area contributed by atoms with Crippen molar-refractivity contribution in [3.8, 4) is 11.1 Å². The van der Waals surface area contributed by atoms with Crippen LogP contribution in [-0.4, -0.2) is 42.5 Å². The summed E-state index contributed by atoms with van der Waals surface area (Å²) >= 11 is 4.43. The van der Waals surface area contributed by atoms with Crippen molar-refractivity contribution in [2.24, 2.45) is 11.5 Å². The number of nitro groups is 2. The number of nitrogens with zero attached hydrogens (tertiary/aromatic N) is 3. The molecule has 6 aromatic rings. The summed E-state index contributed by atoms with van der Waals surface area (Å²) in [5, 5.41) is 27.8. The van der Waals surface area contributed by atoms with Crippen LogP contribution in [0.1, 0.15) is 36.1 Å². The summed E-state index contributed by atoms with van der Waals surface area (Å²) in [5.41, 5.74) is 13.9. The topological polar surface area (TPSA) is 246 Å². The molecule has 7 N–H and O–H groups in total. The van der Waals surface area contributed by atoms with E-state index in [-0.39, 0.29) is 33.8 Å². The van der Waals surface area contributed by atoms with E-state index in [9.17, 15) is 34.6 Å². The minimum Gasteiger partial charge on any atom is -0.366 e. The molecule has 0 aliphatic rings. The average Bonchev–Trinajstić information content (AvgIpc) is 3.78. The van der Waals surface area contributed by atoms with Crippen LogP contribution in [0.5, 0.6) is 0 Å². The zero-order valence-corrected chi connectivity index (χ0v) is 25.9. The standard InChI is InChI=1S/C20H15N5O4S.C9H6BrN3O3/c1-10-11(3-2-4-14(10)24-19(27)20-22-7-8-30-20)12-5-6-13(18(21)26)17-16(12)15(9-23-17)25(28)29;10-5-2-1-4(9(11)14)8-7(5)6(3-12-8)13(15)16/h2-9,23H,1H3,(H2,21,26)(H,24,27);1-3,12H,(H2,11,14). The smallest absolute Gasteiger partial charge is 0.295 e. The maximum Gasteiger partial charge on any atom is 0.295 e. The minimum atomic E-state index is -0.690. The maximum absolute atomic E-state index is 12.4. The molecule has 3 aromatic heterocycles. The van der Waals surface area contributed by atoms with Crippen molar-refractivity contribution >= 4 is 83.9 Å². The molecule has 46 heavy (non-hydrogen) atoms. The van der Waals surface area contributed by atoms with Crippen LogP contribution in [-0.2, 0) is 0 Å². The van der Waals surface area contributed by atoms with Crippen LogP contribution < -0.4 is 16.8 Å². The first-order valence-corrected chi connectivity index (χ1v) is 14.7. The Bertz CT molecular complexity index is 2210. The largest absolute Gasteiger partial charge is 0.366 e. The fourth-order valence-corrected chi connectivity index (χ4v) is 5.98. The molecular formula is C29H21BrN8O7S. The number of carbonyl (C=O) groups excluding carboxylic acids is 3. The Morgan fingerprint density at radius 1 is 0.870 bits per heavy atom. The Hall–Kier alpha value is -5.94. The molecule has 0 spiro atoms. The van der Waals surface area contributed by atoms with Gasteiger partial charge in [-0.25, -0.2) is 4.98 Å². The second kappa shape index (κ2) is 12.6. The lowest BCUT2D eigenvalue weighted by molar-refractivity contribution is -0.383. The van der Waals surface area contributed by atoms with E-state index in [1.165, 1.54) is 35.9 Å². The molecule has 0 aliphatic heterocycles. The fourth-order valence-electron chi connectivity index (χ4n) is 4.92. The molecule has 3 amide bonds. The number of nitrogens with one attached hydrogen (secondary N) is 3. The molecule has 0 unspecified atom stereocenters. The van der Waals surface area contributed by atoms with E-state index in [1.54, 1.807) is 48.8 Å². The van der Waals surface area contributed by atoms with E-state index >= 15 is 0 Å². The van der Waals surface area contributed by atoms with E-state index in [0.717, 1.165) is 0 Å². The Balaban J connectivity index is 0.000000219. The highest BCUT2D eigenvalue weighted by Crippen LogP contribution is 2.39. The molecule has 15 nitrogen and oxygen atoms in total. The van der Waals surface area contributed by atoms with E-state index in [0.29, 0.717) is 48.3 Å². The van der Waals surface area contributed by atoms with Crippen LogP contribution in [0.25, 0.3) is 32.9 Å². The molecule has 0 radical (unpaired) electrons. The number of primary amides is 2. The van der Waals surface area contributed by atoms with Gasteiger partial charge in [0.1, 0.15) is 0 Å². The van der Waals surface area contributed by atoms with Crippen LogP contribution in [0.15, 0.2) is 70.9 Å². The predicted octanol–water partition coefficient (Wildman–Crippen LogP) is 5.80. The number of halogens is 1. The number of fused-ring (bicyclic) bond motifs is 2. The molecule has 0 bridgehead atoms. The number of anilines is 1. The zero-order valence-electron chi connectivity index (χ0n) is 23.5. The van der Waals surface area contributed by atoms with Gasteiger partial charge < -0.3 is 26.8 Å². The third-order valence-electron chi connectivity index (χ3n) is 7.00. The Morgan fingerprint density at radius 3 is 2.02 bits per heavy atom. The highest BCUT2D eigenvalue weighted by Gasteiger charge is 2.24. The first-order chi connectivity index (χ1) is 21.9. The van der Waals surface area contributed by atoms with Gasteiger partial charge in [-0.15, -0.1) is 11.3 Å². The summed E-state index contributed by atoms with van der Waals surface area (Å²) < 4.78 is 0.542. The molecule has 0 aliphatic carbocycles. The Morgan fingerprint density at radius 2 is 1.46 bits per heavy atom. The van der Waals surface area contributed by atoms with Crippen LogP contribution in [0.4, 0.5) is 17.1 Å². The highest BCUT2D eigenvalue weighted by molar-refractivity contribution is 9.10. The number of rotatable bonds is 7. The summed E-state index contributed by atoms with van der Waals surface area (Å²) in [6.07, 6.45) is 4.02. The van der Waals surface area contributed by atoms with E-state index in [1.807, 2.05) is 0 Å². The monoisotopic (exact) mass is 704 g/mol. The molecular weight excluding hydrogens is 684 g/mol. The zero-order chi connectivity index (χ0) is 33.3. The molecule has 0 fully saturated rings. The number of carbonyl (C=O) groups is 3. The number of aromatic amines is 2. The van der Waals surface area contributed by atoms with Crippen LogP contribution in [0.3, 0.4) is 0 Å². The number of hydrogen-bond donors (Lipinski definition) is 5. The van der Waals surface area contributed by atoms with E-state index in [4.69, 9.17) is 11.5 Å². The van der Waals surface area contributed by atoms with Crippen LogP contribution >= 0.6 is 27.3 Å². The second-order valence-electron chi connectivity index (χ2n) is 9.62. The predicted molar refractivity (Wildman–Crippen MR) is 175 cm³/mol. The van der Waals surface area contributed by atoms with Gasteiger partial charge in [-0.05, 0) is 63.8 Å². The van der Waals surface area contributed by atoms with Crippen molar-refractivity contribution in [3.05, 3.63) is 113 Å². The van der Waals surface area contributed by atoms with Gasteiger partial charge in [0.15, 0.2) is 5.01 Å². The maximum atomic E-state index is 12.4. The van der Waals surface area contributed by atoms with Crippen molar-refractivity contribution in [3.63, 3.8) is 0 Å². The van der Waals surface area contributed by atoms with Crippen LogP contribution in [0, 0.1) is 27.2 Å². The highest BCUT2D eigenvalue weighted by atomic mass is 79.9. The van der Waals surface area contributed by atoms with Crippen molar-refractivity contribution in [2.75, 3.05) is 5.32 Å². The molecule has 0 saturated carbocycles. The van der Waals surface area contributed by atoms with Crippen molar-refractivity contribution < 1.29 is 24.2 Å². The van der Waals surface area contributed by atoms with Gasteiger partial charge in [0.2, 0.25) is 0 Å². The number of benzene rings is 3. The lowest BCUT2D eigenvalue weighted by atomic mass is 9.94. The summed E-state index contributed by atoms with van der Waals surface area (Å²) in [6, 6.07) is 11.5. The number of nitrogens with two attached hydrogens (primary N) is 2. The van der Waals surface area contributed by atoms with Gasteiger partial charge in [-0.2, -0.15) is 0 Å². The normalized spacial score (nSPS) is 10.7. The molecule has 3 heterocycles. The van der Waals surface area contributed by atoms with E-state index < -0.39 is 21.7 Å². The molecule has 0 atom stereocenters. The van der Waals surface area contributed by atoms with Gasteiger partial charge in [-0.3, -0.25) is 34.6 Å². The molecule has 17 heteroatoms. The van der Waals surface area contributed by atoms with Crippen molar-refractivity contribution in [2.45, 2.75) is 6.92 Å². The van der Waals surface area contributed by atoms with E-state index in [2.05, 4.69) is 36.2 Å². The molecule has 0 saturated heterocycles. The van der Waals surface area contributed by atoms with Crippen LogP contribution in [0.2, 0.25) is 0 Å². The first-order valence-electron chi connectivity index (χ1n) is 13.0. The van der Waals surface area contributed by atoms with Gasteiger partial charge in [0, 0.05) is 21.7 Å². The number of thiazole rings is 1. The number of amides is 3. The van der Waals surface area contributed by atoms with Gasteiger partial charge in [-0.1, -0.05) is 18.2 Å². The van der Waals surface area contributed by atoms with Crippen molar-refractivity contribution in [1.82, 2.24) is 15.0 Å². The lowest BCUT2D eigenvalue weighted by Gasteiger charge is -2.13. The van der Waals surface area contributed by atoms with Gasteiger partial charge in [0.05, 0.1) is 55.2 Å². The minimum absolute atomic E-state index is 0.0926. The molecule has 6 rings (SSSR count). The fraction of sp³-hybridized carbons (Fsp3) is 0.0345. The quantitative estimate of drug-likeness (QED) is 0.100. The third-order valence-corrected chi connectivity index (χ3v) is 8.43. The summed E-state index contributed by atoms with van der Waals surface area (Å²) in [4.78, 5) is 66.1.